The number of hydrogen-bond donors (Lipinski definition) is 0. The summed E-state index contributed by atoms with van der Waals surface area (Å²) in [5, 5.41) is 3.94. The van der Waals surface area contributed by atoms with Gasteiger partial charge < -0.3 is 4.74 Å². The second-order valence-corrected chi connectivity index (χ2v) is 4.17. The lowest BCUT2D eigenvalue weighted by Crippen LogP contribution is -1.82. The first-order valence-corrected chi connectivity index (χ1v) is 5.20. The summed E-state index contributed by atoms with van der Waals surface area (Å²) >= 11 is 7.70. The number of methoxy groups -OCH3 is 1. The Kier molecular flexibility index (Phi) is 2.18. The van der Waals surface area contributed by atoms with E-state index in [0.29, 0.717) is 0 Å². The molecule has 1 nitrogen and oxygen atoms in total. The summed E-state index contributed by atoms with van der Waals surface area (Å²) < 4.78 is 6.48. The molecule has 13 heavy (non-hydrogen) atoms. The molecule has 0 aliphatic carbocycles. The van der Waals surface area contributed by atoms with Crippen molar-refractivity contribution in [1.82, 2.24) is 0 Å². The summed E-state index contributed by atoms with van der Waals surface area (Å²) in [4.78, 5) is 0. The van der Waals surface area contributed by atoms with E-state index in [2.05, 4.69) is 0 Å². The number of thiophene rings is 1. The number of halogens is 1. The Morgan fingerprint density at radius 2 is 2.15 bits per heavy atom. The molecule has 0 N–H and O–H groups in total. The van der Waals surface area contributed by atoms with Gasteiger partial charge >= 0.3 is 0 Å². The van der Waals surface area contributed by atoms with Crippen molar-refractivity contribution in [3.8, 4) is 5.75 Å². The molecule has 0 unspecified atom stereocenters. The van der Waals surface area contributed by atoms with Gasteiger partial charge in [-0.3, -0.25) is 0 Å². The highest BCUT2D eigenvalue weighted by Gasteiger charge is 2.08. The third kappa shape index (κ3) is 1.30. The van der Waals surface area contributed by atoms with Crippen molar-refractivity contribution in [3.63, 3.8) is 0 Å². The summed E-state index contributed by atoms with van der Waals surface area (Å²) in [7, 11) is 1.68. The van der Waals surface area contributed by atoms with Gasteiger partial charge in [0.1, 0.15) is 5.75 Å². The number of hydrogen-bond acceptors (Lipinski definition) is 2. The Bertz CT molecular complexity index is 447. The minimum Gasteiger partial charge on any atom is -0.495 e. The molecule has 1 heterocycles. The van der Waals surface area contributed by atoms with Crippen molar-refractivity contribution in [2.75, 3.05) is 7.11 Å². The second kappa shape index (κ2) is 3.20. The predicted molar refractivity (Wildman–Crippen MR) is 58.1 cm³/mol. The van der Waals surface area contributed by atoms with Gasteiger partial charge in [-0.25, -0.2) is 0 Å². The van der Waals surface area contributed by atoms with Crippen LogP contribution in [0, 0.1) is 6.92 Å². The molecule has 0 saturated carbocycles. The van der Waals surface area contributed by atoms with Crippen LogP contribution >= 0.6 is 22.9 Å². The van der Waals surface area contributed by atoms with E-state index in [1.165, 1.54) is 4.70 Å². The van der Waals surface area contributed by atoms with Crippen molar-refractivity contribution < 1.29 is 4.74 Å². The summed E-state index contributed by atoms with van der Waals surface area (Å²) in [5.41, 5.74) is 1.09. The highest BCUT2D eigenvalue weighted by atomic mass is 35.5. The minimum absolute atomic E-state index is 0.796. The first kappa shape index (κ1) is 8.85. The van der Waals surface area contributed by atoms with Crippen LogP contribution in [0.4, 0.5) is 0 Å². The summed E-state index contributed by atoms with van der Waals surface area (Å²) in [6.45, 7) is 2.01. The van der Waals surface area contributed by atoms with Crippen LogP contribution < -0.4 is 4.74 Å². The van der Waals surface area contributed by atoms with E-state index in [1.54, 1.807) is 18.4 Å². The molecule has 0 saturated heterocycles. The molecule has 1 aromatic heterocycles. The van der Waals surface area contributed by atoms with Gasteiger partial charge in [0.05, 0.1) is 7.11 Å². The molecule has 0 aliphatic rings. The minimum atomic E-state index is 0.796. The quantitative estimate of drug-likeness (QED) is 0.697. The van der Waals surface area contributed by atoms with Crippen molar-refractivity contribution >= 4 is 33.0 Å². The van der Waals surface area contributed by atoms with Crippen molar-refractivity contribution in [1.29, 1.82) is 0 Å². The van der Waals surface area contributed by atoms with Crippen LogP contribution in [0.15, 0.2) is 17.5 Å². The first-order chi connectivity index (χ1) is 6.24. The highest BCUT2D eigenvalue weighted by molar-refractivity contribution is 7.17. The molecule has 2 aromatic rings. The fraction of sp³-hybridized carbons (Fsp3) is 0.200. The third-order valence-electron chi connectivity index (χ3n) is 2.12. The molecule has 3 heteroatoms. The standard InChI is InChI=1S/C10H9ClOS/c1-6-7(11)3-4-9-10(6)8(12-2)5-13-9/h3-5H,1-2H3. The number of rotatable bonds is 1. The van der Waals surface area contributed by atoms with Crippen molar-refractivity contribution in [2.24, 2.45) is 0 Å². The Hall–Kier alpha value is -0.730. The maximum atomic E-state index is 6.02. The average molecular weight is 213 g/mol. The van der Waals surface area contributed by atoms with E-state index >= 15 is 0 Å². The normalized spacial score (nSPS) is 10.7. The molecular weight excluding hydrogens is 204 g/mol. The number of benzene rings is 1. The van der Waals surface area contributed by atoms with Gasteiger partial charge in [0.2, 0.25) is 0 Å². The fourth-order valence-electron chi connectivity index (χ4n) is 1.39. The average Bonchev–Trinajstić information content (AvgIpc) is 2.55. The Morgan fingerprint density at radius 1 is 1.38 bits per heavy atom. The lowest BCUT2D eigenvalue weighted by Gasteiger charge is -2.02. The van der Waals surface area contributed by atoms with Crippen molar-refractivity contribution in [2.45, 2.75) is 6.92 Å². The molecule has 68 valence electrons. The van der Waals surface area contributed by atoms with E-state index < -0.39 is 0 Å². The zero-order valence-electron chi connectivity index (χ0n) is 7.43. The van der Waals surface area contributed by atoms with Gasteiger partial charge in [0, 0.05) is 20.5 Å². The molecule has 2 rings (SSSR count). The molecule has 0 bridgehead atoms. The van der Waals surface area contributed by atoms with Crippen LogP contribution in [-0.2, 0) is 0 Å². The molecule has 0 radical (unpaired) electrons. The number of fused-ring (bicyclic) bond motifs is 1. The van der Waals surface area contributed by atoms with Crippen LogP contribution in [0.25, 0.3) is 10.1 Å². The van der Waals surface area contributed by atoms with Crippen molar-refractivity contribution in [3.05, 3.63) is 28.1 Å². The monoisotopic (exact) mass is 212 g/mol. The van der Waals surface area contributed by atoms with Crippen LogP contribution in [0.3, 0.4) is 0 Å². The second-order valence-electron chi connectivity index (χ2n) is 2.85. The van der Waals surface area contributed by atoms with Gasteiger partial charge in [-0.05, 0) is 24.6 Å². The molecule has 0 spiro atoms. The number of ether oxygens (including phenoxy) is 1. The maximum Gasteiger partial charge on any atom is 0.137 e. The lowest BCUT2D eigenvalue weighted by molar-refractivity contribution is 0.421. The summed E-state index contributed by atoms with van der Waals surface area (Å²) in [6.07, 6.45) is 0. The Balaban J connectivity index is 2.85. The van der Waals surface area contributed by atoms with Gasteiger partial charge in [0.15, 0.2) is 0 Å². The highest BCUT2D eigenvalue weighted by Crippen LogP contribution is 2.37. The third-order valence-corrected chi connectivity index (χ3v) is 3.46. The molecule has 0 atom stereocenters. The van der Waals surface area contributed by atoms with E-state index in [0.717, 1.165) is 21.7 Å². The number of aryl methyl sites for hydroxylation is 1. The van der Waals surface area contributed by atoms with E-state index in [-0.39, 0.29) is 0 Å². The molecule has 0 aliphatic heterocycles. The molecular formula is C10H9ClOS. The Labute approximate surface area is 85.9 Å². The lowest BCUT2D eigenvalue weighted by atomic mass is 10.1. The first-order valence-electron chi connectivity index (χ1n) is 3.94. The maximum absolute atomic E-state index is 6.02. The largest absolute Gasteiger partial charge is 0.495 e. The summed E-state index contributed by atoms with van der Waals surface area (Å²) in [5.74, 6) is 0.917. The van der Waals surface area contributed by atoms with E-state index in [1.807, 2.05) is 24.4 Å². The van der Waals surface area contributed by atoms with Crippen LogP contribution in [0.1, 0.15) is 5.56 Å². The SMILES string of the molecule is COc1csc2ccc(Cl)c(C)c12. The van der Waals surface area contributed by atoms with Gasteiger partial charge in [0.25, 0.3) is 0 Å². The fourth-order valence-corrected chi connectivity index (χ4v) is 2.52. The van der Waals surface area contributed by atoms with Crippen LogP contribution in [0.5, 0.6) is 5.75 Å². The van der Waals surface area contributed by atoms with E-state index in [4.69, 9.17) is 16.3 Å². The zero-order chi connectivity index (χ0) is 9.42. The van der Waals surface area contributed by atoms with E-state index in [9.17, 15) is 0 Å². The van der Waals surface area contributed by atoms with Gasteiger partial charge in [-0.2, -0.15) is 0 Å². The summed E-state index contributed by atoms with van der Waals surface area (Å²) in [6, 6.07) is 3.95. The topological polar surface area (TPSA) is 9.23 Å². The van der Waals surface area contributed by atoms with Crippen LogP contribution in [-0.4, -0.2) is 7.11 Å². The predicted octanol–water partition coefficient (Wildman–Crippen LogP) is 3.87. The molecule has 0 fully saturated rings. The molecule has 1 aromatic carbocycles. The van der Waals surface area contributed by atoms with Gasteiger partial charge in [-0.1, -0.05) is 11.6 Å². The Morgan fingerprint density at radius 3 is 2.85 bits per heavy atom. The van der Waals surface area contributed by atoms with Crippen LogP contribution in [0.2, 0.25) is 5.02 Å². The molecule has 0 amide bonds. The zero-order valence-corrected chi connectivity index (χ0v) is 9.00. The van der Waals surface area contributed by atoms with Gasteiger partial charge in [-0.15, -0.1) is 11.3 Å². The smallest absolute Gasteiger partial charge is 0.137 e.